The number of hydrogen-bond acceptors (Lipinski definition) is 3. The van der Waals surface area contributed by atoms with Crippen LogP contribution in [0.5, 0.6) is 0 Å². The topological polar surface area (TPSA) is 32.3 Å². The van der Waals surface area contributed by atoms with Gasteiger partial charge >= 0.3 is 6.03 Å². The number of rotatable bonds is 4. The number of amides is 2. The number of carbonyl (C=O) groups is 1. The first-order chi connectivity index (χ1) is 9.19. The predicted octanol–water partition coefficient (Wildman–Crippen LogP) is 4.13. The Hall–Kier alpha value is -1.46. The minimum atomic E-state index is -0.0911. The molecule has 5 heteroatoms. The summed E-state index contributed by atoms with van der Waals surface area (Å²) in [6.07, 6.45) is 2.02. The Morgan fingerprint density at radius 2 is 2.21 bits per heavy atom. The highest BCUT2D eigenvalue weighted by molar-refractivity contribution is 7.98. The monoisotopic (exact) mass is 292 g/mol. The van der Waals surface area contributed by atoms with Crippen LogP contribution in [0.4, 0.5) is 10.5 Å². The summed E-state index contributed by atoms with van der Waals surface area (Å²) >= 11 is 3.32. The SMILES string of the molecule is CSc1cccc(NC(=O)N(C)Cc2cccs2)c1. The second-order valence-corrected chi connectivity index (χ2v) is 6.01. The van der Waals surface area contributed by atoms with Gasteiger partial charge in [-0.05, 0) is 35.9 Å². The minimum Gasteiger partial charge on any atom is -0.322 e. The number of benzene rings is 1. The fourth-order valence-electron chi connectivity index (χ4n) is 1.63. The summed E-state index contributed by atoms with van der Waals surface area (Å²) in [6, 6.07) is 11.8. The molecule has 0 unspecified atom stereocenters. The lowest BCUT2D eigenvalue weighted by atomic mass is 10.3. The molecule has 1 N–H and O–H groups in total. The fourth-order valence-corrected chi connectivity index (χ4v) is 2.84. The van der Waals surface area contributed by atoms with E-state index in [1.54, 1.807) is 35.0 Å². The molecule has 19 heavy (non-hydrogen) atoms. The van der Waals surface area contributed by atoms with Crippen molar-refractivity contribution in [1.29, 1.82) is 0 Å². The Labute approximate surface area is 121 Å². The van der Waals surface area contributed by atoms with Crippen molar-refractivity contribution in [2.75, 3.05) is 18.6 Å². The Morgan fingerprint density at radius 3 is 2.89 bits per heavy atom. The van der Waals surface area contributed by atoms with Crippen LogP contribution in [0.15, 0.2) is 46.7 Å². The van der Waals surface area contributed by atoms with Crippen LogP contribution >= 0.6 is 23.1 Å². The molecule has 2 rings (SSSR count). The zero-order chi connectivity index (χ0) is 13.7. The maximum Gasteiger partial charge on any atom is 0.321 e. The van der Waals surface area contributed by atoms with E-state index in [1.807, 2.05) is 48.0 Å². The summed E-state index contributed by atoms with van der Waals surface area (Å²) in [5.74, 6) is 0. The number of anilines is 1. The lowest BCUT2D eigenvalue weighted by molar-refractivity contribution is 0.221. The van der Waals surface area contributed by atoms with Gasteiger partial charge in [0.05, 0.1) is 6.54 Å². The van der Waals surface area contributed by atoms with E-state index in [2.05, 4.69) is 5.32 Å². The average Bonchev–Trinajstić information content (AvgIpc) is 2.91. The Kier molecular flexibility index (Phi) is 4.87. The van der Waals surface area contributed by atoms with Crippen LogP contribution in [0.1, 0.15) is 4.88 Å². The van der Waals surface area contributed by atoms with Gasteiger partial charge in [0.2, 0.25) is 0 Å². The molecule has 2 amide bonds. The summed E-state index contributed by atoms with van der Waals surface area (Å²) in [6.45, 7) is 0.631. The van der Waals surface area contributed by atoms with Crippen molar-refractivity contribution in [2.45, 2.75) is 11.4 Å². The molecule has 1 aromatic heterocycles. The highest BCUT2D eigenvalue weighted by Crippen LogP contribution is 2.19. The van der Waals surface area contributed by atoms with Crippen molar-refractivity contribution < 1.29 is 4.79 Å². The fraction of sp³-hybridized carbons (Fsp3) is 0.214. The molecule has 0 spiro atoms. The molecule has 100 valence electrons. The standard InChI is InChI=1S/C14H16N2OS2/c1-16(10-13-7-4-8-19-13)14(17)15-11-5-3-6-12(9-11)18-2/h3-9H,10H2,1-2H3,(H,15,17). The molecule has 2 aromatic rings. The van der Waals surface area contributed by atoms with Crippen LogP contribution in [0, 0.1) is 0 Å². The van der Waals surface area contributed by atoms with Gasteiger partial charge in [-0.15, -0.1) is 23.1 Å². The van der Waals surface area contributed by atoms with Gasteiger partial charge in [-0.2, -0.15) is 0 Å². The van der Waals surface area contributed by atoms with Gasteiger partial charge in [-0.1, -0.05) is 12.1 Å². The van der Waals surface area contributed by atoms with Gasteiger partial charge in [0, 0.05) is 22.5 Å². The van der Waals surface area contributed by atoms with E-state index >= 15 is 0 Å². The third kappa shape index (κ3) is 4.01. The number of nitrogens with one attached hydrogen (secondary N) is 1. The third-order valence-corrected chi connectivity index (χ3v) is 4.23. The molecule has 0 aliphatic rings. The van der Waals surface area contributed by atoms with E-state index in [9.17, 15) is 4.79 Å². The maximum atomic E-state index is 12.1. The highest BCUT2D eigenvalue weighted by Gasteiger charge is 2.09. The Morgan fingerprint density at radius 1 is 1.37 bits per heavy atom. The van der Waals surface area contributed by atoms with Gasteiger partial charge in [0.1, 0.15) is 0 Å². The van der Waals surface area contributed by atoms with E-state index in [-0.39, 0.29) is 6.03 Å². The highest BCUT2D eigenvalue weighted by atomic mass is 32.2. The van der Waals surface area contributed by atoms with Crippen molar-refractivity contribution in [3.8, 4) is 0 Å². The number of thioether (sulfide) groups is 1. The number of carbonyl (C=O) groups excluding carboxylic acids is 1. The molecular weight excluding hydrogens is 276 g/mol. The zero-order valence-corrected chi connectivity index (χ0v) is 12.6. The molecule has 0 atom stereocenters. The molecule has 1 heterocycles. The zero-order valence-electron chi connectivity index (χ0n) is 10.9. The quantitative estimate of drug-likeness (QED) is 0.859. The average molecular weight is 292 g/mol. The van der Waals surface area contributed by atoms with Crippen molar-refractivity contribution in [2.24, 2.45) is 0 Å². The second kappa shape index (κ2) is 6.63. The van der Waals surface area contributed by atoms with Crippen molar-refractivity contribution in [3.63, 3.8) is 0 Å². The van der Waals surface area contributed by atoms with E-state index in [0.29, 0.717) is 6.54 Å². The molecule has 0 saturated carbocycles. The van der Waals surface area contributed by atoms with Crippen molar-refractivity contribution in [3.05, 3.63) is 46.7 Å². The third-order valence-electron chi connectivity index (χ3n) is 2.64. The van der Waals surface area contributed by atoms with Crippen LogP contribution < -0.4 is 5.32 Å². The number of thiophene rings is 1. The molecule has 0 fully saturated rings. The Bertz CT molecular complexity index is 540. The van der Waals surface area contributed by atoms with Gasteiger partial charge < -0.3 is 10.2 Å². The first-order valence-electron chi connectivity index (χ1n) is 5.87. The molecule has 3 nitrogen and oxygen atoms in total. The summed E-state index contributed by atoms with van der Waals surface area (Å²) in [5, 5.41) is 4.92. The summed E-state index contributed by atoms with van der Waals surface area (Å²) in [4.78, 5) is 16.0. The van der Waals surface area contributed by atoms with E-state index in [4.69, 9.17) is 0 Å². The van der Waals surface area contributed by atoms with E-state index in [0.717, 1.165) is 10.6 Å². The summed E-state index contributed by atoms with van der Waals surface area (Å²) in [5.41, 5.74) is 0.829. The summed E-state index contributed by atoms with van der Waals surface area (Å²) in [7, 11) is 1.80. The van der Waals surface area contributed by atoms with Crippen molar-refractivity contribution in [1.82, 2.24) is 4.90 Å². The number of hydrogen-bond donors (Lipinski definition) is 1. The van der Waals surface area contributed by atoms with Crippen LogP contribution in [0.2, 0.25) is 0 Å². The van der Waals surface area contributed by atoms with Crippen LogP contribution in [0.25, 0.3) is 0 Å². The van der Waals surface area contributed by atoms with Gasteiger partial charge in [0.25, 0.3) is 0 Å². The maximum absolute atomic E-state index is 12.1. The molecule has 0 radical (unpaired) electrons. The first-order valence-corrected chi connectivity index (χ1v) is 7.98. The molecule has 0 aliphatic heterocycles. The minimum absolute atomic E-state index is 0.0911. The number of nitrogens with zero attached hydrogens (tertiary/aromatic N) is 1. The van der Waals surface area contributed by atoms with Crippen molar-refractivity contribution >= 4 is 34.8 Å². The lowest BCUT2D eigenvalue weighted by Crippen LogP contribution is -2.30. The van der Waals surface area contributed by atoms with Gasteiger partial charge in [-0.25, -0.2) is 4.79 Å². The van der Waals surface area contributed by atoms with Crippen LogP contribution in [0.3, 0.4) is 0 Å². The van der Waals surface area contributed by atoms with Crippen LogP contribution in [-0.4, -0.2) is 24.2 Å². The summed E-state index contributed by atoms with van der Waals surface area (Å²) < 4.78 is 0. The second-order valence-electron chi connectivity index (χ2n) is 4.10. The predicted molar refractivity (Wildman–Crippen MR) is 83.0 cm³/mol. The molecular formula is C14H16N2OS2. The lowest BCUT2D eigenvalue weighted by Gasteiger charge is -2.17. The normalized spacial score (nSPS) is 10.2. The smallest absolute Gasteiger partial charge is 0.321 e. The molecule has 0 saturated heterocycles. The van der Waals surface area contributed by atoms with E-state index < -0.39 is 0 Å². The Balaban J connectivity index is 1.96. The van der Waals surface area contributed by atoms with Gasteiger partial charge in [0.15, 0.2) is 0 Å². The number of urea groups is 1. The molecule has 0 bridgehead atoms. The molecule has 1 aromatic carbocycles. The largest absolute Gasteiger partial charge is 0.322 e. The molecule has 0 aliphatic carbocycles. The first kappa shape index (κ1) is 14.0. The van der Waals surface area contributed by atoms with E-state index in [1.165, 1.54) is 4.88 Å². The van der Waals surface area contributed by atoms with Crippen LogP contribution in [-0.2, 0) is 6.54 Å². The van der Waals surface area contributed by atoms with Gasteiger partial charge in [-0.3, -0.25) is 0 Å².